The van der Waals surface area contributed by atoms with Crippen LogP contribution >= 0.6 is 0 Å². The summed E-state index contributed by atoms with van der Waals surface area (Å²) in [7, 11) is 0. The second kappa shape index (κ2) is 28.2. The van der Waals surface area contributed by atoms with Gasteiger partial charge >= 0.3 is 0 Å². The Kier molecular flexibility index (Phi) is 21.1. The molecule has 22 nitrogen and oxygen atoms in total. The van der Waals surface area contributed by atoms with Crippen LogP contribution in [0.2, 0.25) is 0 Å². The highest BCUT2D eigenvalue weighted by molar-refractivity contribution is 5.98. The van der Waals surface area contributed by atoms with E-state index < -0.39 is 83.5 Å². The third-order valence-electron chi connectivity index (χ3n) is 12.9. The molecule has 22 heteroatoms. The lowest BCUT2D eigenvalue weighted by Gasteiger charge is -2.28. The summed E-state index contributed by atoms with van der Waals surface area (Å²) < 4.78 is 0. The highest BCUT2D eigenvalue weighted by Gasteiger charge is 2.34. The number of hydrogen-bond acceptors (Lipinski definition) is 10. The Morgan fingerprint density at radius 2 is 1.43 bits per heavy atom. The Bertz CT molecular complexity index is 2780. The van der Waals surface area contributed by atoms with Crippen LogP contribution in [-0.4, -0.2) is 124 Å². The topological polar surface area (TPSA) is 339 Å². The van der Waals surface area contributed by atoms with Gasteiger partial charge in [-0.05, 0) is 66.5 Å². The lowest BCUT2D eigenvalue weighted by molar-refractivity contribution is -0.135. The summed E-state index contributed by atoms with van der Waals surface area (Å²) in [6, 6.07) is 13.2. The molecule has 14 N–H and O–H groups in total. The first kappa shape index (κ1) is 56.0. The van der Waals surface area contributed by atoms with Crippen molar-refractivity contribution in [3.05, 3.63) is 102 Å². The van der Waals surface area contributed by atoms with Crippen molar-refractivity contribution in [2.75, 3.05) is 19.6 Å². The van der Waals surface area contributed by atoms with Crippen molar-refractivity contribution in [1.29, 1.82) is 5.41 Å². The smallest absolute Gasteiger partial charge is 0.243 e. The third kappa shape index (κ3) is 17.4. The highest BCUT2D eigenvalue weighted by Crippen LogP contribution is 2.21. The summed E-state index contributed by atoms with van der Waals surface area (Å²) in [5.41, 5.74) is 8.18. The maximum atomic E-state index is 14.9. The van der Waals surface area contributed by atoms with E-state index in [0.717, 1.165) is 33.7 Å². The number of nitrogens with one attached hydrogen (secondary N) is 12. The van der Waals surface area contributed by atoms with E-state index in [4.69, 9.17) is 11.1 Å². The van der Waals surface area contributed by atoms with Crippen LogP contribution in [0.4, 0.5) is 0 Å². The van der Waals surface area contributed by atoms with Gasteiger partial charge in [0, 0.05) is 75.5 Å². The predicted molar refractivity (Wildman–Crippen MR) is 282 cm³/mol. The van der Waals surface area contributed by atoms with Crippen LogP contribution in [0.3, 0.4) is 0 Å². The Balaban J connectivity index is 1.36. The molecule has 1 aliphatic rings. The zero-order valence-corrected chi connectivity index (χ0v) is 42.4. The van der Waals surface area contributed by atoms with Crippen molar-refractivity contribution >= 4 is 74.9 Å². The summed E-state index contributed by atoms with van der Waals surface area (Å²) in [5, 5.41) is 35.5. The number of carbonyl (C=O) groups is 8. The van der Waals surface area contributed by atoms with Crippen LogP contribution in [-0.2, 0) is 57.6 Å². The average molecular weight is 1030 g/mol. The minimum Gasteiger partial charge on any atom is -0.370 e. The number of benzene rings is 3. The zero-order valence-electron chi connectivity index (χ0n) is 42.4. The van der Waals surface area contributed by atoms with Gasteiger partial charge in [0.15, 0.2) is 5.96 Å². The number of aromatic amines is 2. The molecular formula is C53H70N14O8. The van der Waals surface area contributed by atoms with E-state index >= 15 is 0 Å². The third-order valence-corrected chi connectivity index (χ3v) is 12.9. The van der Waals surface area contributed by atoms with E-state index in [1.54, 1.807) is 6.20 Å². The summed E-state index contributed by atoms with van der Waals surface area (Å²) in [6.07, 6.45) is 6.91. The van der Waals surface area contributed by atoms with Crippen LogP contribution in [0.1, 0.15) is 88.5 Å². The fraction of sp³-hybridized carbons (Fsp3) is 0.434. The van der Waals surface area contributed by atoms with Gasteiger partial charge in [-0.15, -0.1) is 0 Å². The molecule has 3 heterocycles. The lowest BCUT2D eigenvalue weighted by Crippen LogP contribution is -2.60. The minimum absolute atomic E-state index is 0.0217. The monoisotopic (exact) mass is 1030 g/mol. The van der Waals surface area contributed by atoms with Gasteiger partial charge in [-0.3, -0.25) is 43.8 Å². The van der Waals surface area contributed by atoms with Crippen LogP contribution in [0.15, 0.2) is 85.5 Å². The first-order chi connectivity index (χ1) is 36.2. The molecule has 1 fully saturated rings. The van der Waals surface area contributed by atoms with Gasteiger partial charge in [0.25, 0.3) is 0 Å². The number of carbonyl (C=O) groups excluding carboxylic acids is 8. The highest BCUT2D eigenvalue weighted by atomic mass is 16.2. The minimum atomic E-state index is -1.41. The fourth-order valence-corrected chi connectivity index (χ4v) is 8.89. The molecule has 400 valence electrons. The molecule has 0 radical (unpaired) electrons. The average Bonchev–Trinajstić information content (AvgIpc) is 4.07. The number of guanidine groups is 1. The van der Waals surface area contributed by atoms with Crippen LogP contribution < -0.4 is 53.6 Å². The number of nitrogens with two attached hydrogens (primary N) is 1. The molecule has 2 aromatic heterocycles. The number of amides is 8. The zero-order chi connectivity index (χ0) is 53.7. The largest absolute Gasteiger partial charge is 0.370 e. The van der Waals surface area contributed by atoms with Crippen molar-refractivity contribution in [1.82, 2.24) is 62.8 Å². The maximum absolute atomic E-state index is 14.9. The summed E-state index contributed by atoms with van der Waals surface area (Å²) in [5.74, 6) is -5.36. The van der Waals surface area contributed by atoms with Crippen LogP contribution in [0, 0.1) is 5.41 Å². The quantitative estimate of drug-likeness (QED) is 0.0379. The molecule has 5 aromatic rings. The van der Waals surface area contributed by atoms with Gasteiger partial charge in [0.2, 0.25) is 47.3 Å². The first-order valence-electron chi connectivity index (χ1n) is 25.6. The molecule has 0 aliphatic carbocycles. The Morgan fingerprint density at radius 1 is 0.760 bits per heavy atom. The summed E-state index contributed by atoms with van der Waals surface area (Å²) >= 11 is 0. The lowest BCUT2D eigenvalue weighted by atomic mass is 9.99. The van der Waals surface area contributed by atoms with Crippen LogP contribution in [0.25, 0.3) is 21.7 Å². The van der Waals surface area contributed by atoms with Crippen LogP contribution in [0.5, 0.6) is 0 Å². The van der Waals surface area contributed by atoms with E-state index in [2.05, 4.69) is 62.8 Å². The molecule has 8 amide bonds. The van der Waals surface area contributed by atoms with E-state index in [1.807, 2.05) is 73.7 Å². The number of hydrogen-bond donors (Lipinski definition) is 13. The normalized spacial score (nSPS) is 20.3. The van der Waals surface area contributed by atoms with Crippen molar-refractivity contribution in [2.45, 2.75) is 127 Å². The number of rotatable bonds is 16. The number of H-pyrrole nitrogens is 2. The second-order valence-corrected chi connectivity index (χ2v) is 18.8. The van der Waals surface area contributed by atoms with Gasteiger partial charge in [-0.2, -0.15) is 0 Å². The molecule has 0 saturated carbocycles. The molecule has 0 bridgehead atoms. The van der Waals surface area contributed by atoms with E-state index in [0.29, 0.717) is 30.5 Å². The first-order valence-corrected chi connectivity index (χ1v) is 25.6. The van der Waals surface area contributed by atoms with Crippen molar-refractivity contribution < 1.29 is 38.4 Å². The summed E-state index contributed by atoms with van der Waals surface area (Å²) in [6.45, 7) is 3.80. The van der Waals surface area contributed by atoms with E-state index in [9.17, 15) is 38.4 Å². The Morgan fingerprint density at radius 3 is 2.15 bits per heavy atom. The molecule has 0 spiro atoms. The maximum Gasteiger partial charge on any atom is 0.243 e. The Hall–Kier alpha value is -8.30. The predicted octanol–water partition coefficient (Wildman–Crippen LogP) is 1.26. The Labute approximate surface area is 434 Å². The molecule has 1 aliphatic heterocycles. The van der Waals surface area contributed by atoms with Gasteiger partial charge in [0.1, 0.15) is 36.3 Å². The van der Waals surface area contributed by atoms with E-state index in [-0.39, 0.29) is 77.0 Å². The second-order valence-electron chi connectivity index (χ2n) is 18.8. The number of fused-ring (bicyclic) bond motifs is 2. The van der Waals surface area contributed by atoms with Gasteiger partial charge in [-0.1, -0.05) is 80.4 Å². The molecule has 1 saturated heterocycles. The summed E-state index contributed by atoms with van der Waals surface area (Å²) in [4.78, 5) is 122. The molecular weight excluding hydrogens is 961 g/mol. The number of unbranched alkanes of at least 4 members (excludes halogenated alkanes) is 1. The number of para-hydroxylation sites is 1. The van der Waals surface area contributed by atoms with Crippen molar-refractivity contribution in [3.63, 3.8) is 0 Å². The molecule has 6 rings (SSSR count). The number of nitrogens with zero attached hydrogens (tertiary/aromatic N) is 1. The standard InChI is InChI=1S/C53H70N14O8/c1-3-4-15-40(62-32(2)68)48(71)64-42-20-21-46(69)57-22-9-10-23-58-47(70)44(27-36-29-60-39-16-8-7-14-38(36)39)66-49(72)41(17-11-24-59-53(54)55)63-51(74)43(26-33-18-19-34-12-5-6-13-35(34)25-33)65-52(75)45(67-50(42)73)28-37-30-56-31-61-37/h5-8,12-14,16,18-19,25,29-31,40-45,60H,3-4,9-11,15,17,20-24,26-28H2,1-2H3,(H,56,61)(H,57,69)(H,58,70)(H,62,68)(H,63,74)(H,64,71)(H,65,75)(H,66,72)(H,67,73)(H4,54,55,59)/t40-,41+,42+,43-,44+,45+/m1/s1. The van der Waals surface area contributed by atoms with Crippen molar-refractivity contribution in [3.8, 4) is 0 Å². The van der Waals surface area contributed by atoms with E-state index in [1.165, 1.54) is 19.4 Å². The molecule has 6 atom stereocenters. The van der Waals surface area contributed by atoms with Gasteiger partial charge in [0.05, 0.1) is 12.0 Å². The van der Waals surface area contributed by atoms with Gasteiger partial charge in [-0.25, -0.2) is 4.98 Å². The SMILES string of the molecule is CCCC[C@@H](NC(C)=O)C(=O)N[C@H]1CCC(=O)NCCCCNC(=O)[C@H](Cc2c[nH]c3ccccc23)NC(=O)[C@H](CCCNC(=N)N)NC(=O)[C@@H](Cc2ccc3ccccc3c2)NC(=O)[C@H](Cc2c[nH]cn2)NC1=O. The molecule has 75 heavy (non-hydrogen) atoms. The van der Waals surface area contributed by atoms with Crippen molar-refractivity contribution in [2.24, 2.45) is 5.73 Å². The van der Waals surface area contributed by atoms with Gasteiger partial charge < -0.3 is 63.6 Å². The molecule has 0 unspecified atom stereocenters. The number of aromatic nitrogens is 3. The number of imidazole rings is 1. The molecule has 3 aromatic carbocycles. The fourth-order valence-electron chi connectivity index (χ4n) is 8.89.